The topological polar surface area (TPSA) is 121 Å². The van der Waals surface area contributed by atoms with E-state index in [0.29, 0.717) is 11.3 Å². The summed E-state index contributed by atoms with van der Waals surface area (Å²) in [6.07, 6.45) is 2.71. The predicted octanol–water partition coefficient (Wildman–Crippen LogP) is 1.92. The van der Waals surface area contributed by atoms with Crippen LogP contribution in [-0.4, -0.2) is 24.6 Å². The molecule has 4 aromatic rings. The fraction of sp³-hybridized carbons (Fsp3) is 0.105. The molecule has 28 heavy (non-hydrogen) atoms. The first-order chi connectivity index (χ1) is 13.3. The third-order valence-electron chi connectivity index (χ3n) is 4.40. The molecule has 4 rings (SSSR count). The predicted molar refractivity (Wildman–Crippen MR) is 108 cm³/mol. The fourth-order valence-electron chi connectivity index (χ4n) is 2.91. The van der Waals surface area contributed by atoms with Crippen molar-refractivity contribution in [3.05, 3.63) is 74.8 Å². The second-order valence-corrected chi connectivity index (χ2v) is 8.46. The van der Waals surface area contributed by atoms with Gasteiger partial charge in [-0.1, -0.05) is 12.1 Å². The molecule has 0 radical (unpaired) electrons. The monoisotopic (exact) mass is 396 g/mol. The highest BCUT2D eigenvalue weighted by Gasteiger charge is 2.21. The zero-order valence-corrected chi connectivity index (χ0v) is 15.6. The van der Waals surface area contributed by atoms with E-state index in [1.165, 1.54) is 12.1 Å². The number of benzene rings is 2. The van der Waals surface area contributed by atoms with Gasteiger partial charge in [0.15, 0.2) is 9.84 Å². The molecule has 3 N–H and O–H groups in total. The summed E-state index contributed by atoms with van der Waals surface area (Å²) < 4.78 is 23.3. The Kier molecular flexibility index (Phi) is 4.23. The molecule has 0 amide bonds. The SMILES string of the molecule is CS(=O)(=O)c1cccc(CNc2c(Nc3ccc4nc[nH]c4c3)c(=O)c2=O)c1. The fourth-order valence-corrected chi connectivity index (χ4v) is 3.60. The van der Waals surface area contributed by atoms with Crippen LogP contribution in [0.15, 0.2) is 63.3 Å². The Bertz CT molecular complexity index is 1360. The van der Waals surface area contributed by atoms with E-state index in [0.717, 1.165) is 17.3 Å². The molecule has 0 atom stereocenters. The third-order valence-corrected chi connectivity index (χ3v) is 5.51. The number of hydrogen-bond acceptors (Lipinski definition) is 7. The van der Waals surface area contributed by atoms with Gasteiger partial charge in [-0.25, -0.2) is 13.4 Å². The summed E-state index contributed by atoms with van der Waals surface area (Å²) in [5.41, 5.74) is 2.08. The van der Waals surface area contributed by atoms with Crippen LogP contribution in [-0.2, 0) is 16.4 Å². The van der Waals surface area contributed by atoms with E-state index >= 15 is 0 Å². The molecule has 0 spiro atoms. The third kappa shape index (κ3) is 3.27. The number of aromatic nitrogens is 2. The van der Waals surface area contributed by atoms with Crippen LogP contribution < -0.4 is 21.5 Å². The molecule has 0 unspecified atom stereocenters. The number of imidazole rings is 1. The Morgan fingerprint density at radius 2 is 1.82 bits per heavy atom. The van der Waals surface area contributed by atoms with Crippen molar-refractivity contribution in [2.24, 2.45) is 0 Å². The van der Waals surface area contributed by atoms with Crippen LogP contribution in [0, 0.1) is 0 Å². The van der Waals surface area contributed by atoms with E-state index in [9.17, 15) is 18.0 Å². The van der Waals surface area contributed by atoms with Gasteiger partial charge in [0.1, 0.15) is 11.4 Å². The molecule has 142 valence electrons. The van der Waals surface area contributed by atoms with Crippen molar-refractivity contribution in [2.75, 3.05) is 16.9 Å². The van der Waals surface area contributed by atoms with Crippen LogP contribution in [0.2, 0.25) is 0 Å². The number of fused-ring (bicyclic) bond motifs is 1. The van der Waals surface area contributed by atoms with Crippen molar-refractivity contribution in [3.8, 4) is 0 Å². The standard InChI is InChI=1S/C19H16N4O4S/c1-28(26,27)13-4-2-3-11(7-13)9-20-16-17(19(25)18(16)24)23-12-5-6-14-15(8-12)22-10-21-14/h2-8,10,20,23H,9H2,1H3,(H,21,22). The molecule has 8 nitrogen and oxygen atoms in total. The molecule has 1 aromatic heterocycles. The lowest BCUT2D eigenvalue weighted by Crippen LogP contribution is -2.36. The Morgan fingerprint density at radius 1 is 1.04 bits per heavy atom. The minimum atomic E-state index is -3.32. The van der Waals surface area contributed by atoms with Gasteiger partial charge in [-0.3, -0.25) is 9.59 Å². The van der Waals surface area contributed by atoms with E-state index in [1.54, 1.807) is 36.7 Å². The molecule has 0 fully saturated rings. The number of nitrogens with one attached hydrogen (secondary N) is 3. The summed E-state index contributed by atoms with van der Waals surface area (Å²) in [5, 5.41) is 5.89. The van der Waals surface area contributed by atoms with Crippen LogP contribution in [0.4, 0.5) is 17.1 Å². The van der Waals surface area contributed by atoms with Gasteiger partial charge >= 0.3 is 0 Å². The van der Waals surface area contributed by atoms with Gasteiger partial charge in [0, 0.05) is 18.5 Å². The molecular weight excluding hydrogens is 380 g/mol. The number of anilines is 3. The van der Waals surface area contributed by atoms with Gasteiger partial charge in [0.05, 0.1) is 22.3 Å². The van der Waals surface area contributed by atoms with Crippen LogP contribution in [0.1, 0.15) is 5.56 Å². The van der Waals surface area contributed by atoms with Gasteiger partial charge in [-0.05, 0) is 35.9 Å². The molecule has 9 heteroatoms. The normalized spacial score (nSPS) is 11.8. The van der Waals surface area contributed by atoms with Crippen molar-refractivity contribution in [1.82, 2.24) is 9.97 Å². The second-order valence-electron chi connectivity index (χ2n) is 6.44. The molecular formula is C19H16N4O4S. The summed E-state index contributed by atoms with van der Waals surface area (Å²) in [6.45, 7) is 0.211. The lowest BCUT2D eigenvalue weighted by atomic mass is 10.1. The van der Waals surface area contributed by atoms with Crippen LogP contribution in [0.25, 0.3) is 11.0 Å². The van der Waals surface area contributed by atoms with Gasteiger partial charge < -0.3 is 15.6 Å². The van der Waals surface area contributed by atoms with Crippen molar-refractivity contribution in [3.63, 3.8) is 0 Å². The van der Waals surface area contributed by atoms with Crippen molar-refractivity contribution < 1.29 is 8.42 Å². The first-order valence-corrected chi connectivity index (χ1v) is 10.3. The molecule has 0 aliphatic carbocycles. The maximum Gasteiger partial charge on any atom is 0.253 e. The average Bonchev–Trinajstić information content (AvgIpc) is 3.14. The molecule has 3 aromatic carbocycles. The molecule has 1 heterocycles. The number of nitrogens with zero attached hydrogens (tertiary/aromatic N) is 1. The first kappa shape index (κ1) is 17.9. The maximum absolute atomic E-state index is 12.0. The van der Waals surface area contributed by atoms with Crippen molar-refractivity contribution >= 4 is 37.9 Å². The summed E-state index contributed by atoms with van der Waals surface area (Å²) in [5.74, 6) is 0. The molecule has 0 saturated heterocycles. The van der Waals surface area contributed by atoms with Gasteiger partial charge in [0.25, 0.3) is 10.9 Å². The Morgan fingerprint density at radius 3 is 2.61 bits per heavy atom. The minimum Gasteiger partial charge on any atom is -0.376 e. The number of aromatic amines is 1. The number of H-pyrrole nitrogens is 1. The van der Waals surface area contributed by atoms with Crippen molar-refractivity contribution in [2.45, 2.75) is 11.4 Å². The van der Waals surface area contributed by atoms with E-state index < -0.39 is 20.7 Å². The van der Waals surface area contributed by atoms with Crippen LogP contribution >= 0.6 is 0 Å². The van der Waals surface area contributed by atoms with Gasteiger partial charge in [0.2, 0.25) is 0 Å². The summed E-state index contributed by atoms with van der Waals surface area (Å²) in [4.78, 5) is 31.2. The molecule has 0 bridgehead atoms. The summed E-state index contributed by atoms with van der Waals surface area (Å²) in [7, 11) is -3.32. The maximum atomic E-state index is 12.0. The van der Waals surface area contributed by atoms with E-state index in [4.69, 9.17) is 0 Å². The summed E-state index contributed by atoms with van der Waals surface area (Å²) in [6, 6.07) is 11.8. The van der Waals surface area contributed by atoms with E-state index in [2.05, 4.69) is 20.6 Å². The van der Waals surface area contributed by atoms with Crippen LogP contribution in [0.3, 0.4) is 0 Å². The molecule has 0 saturated carbocycles. The lowest BCUT2D eigenvalue weighted by molar-refractivity contribution is 0.601. The quantitative estimate of drug-likeness (QED) is 0.426. The van der Waals surface area contributed by atoms with Crippen LogP contribution in [0.5, 0.6) is 0 Å². The average molecular weight is 396 g/mol. The molecule has 0 aliphatic rings. The highest BCUT2D eigenvalue weighted by atomic mass is 32.2. The number of rotatable bonds is 6. The summed E-state index contributed by atoms with van der Waals surface area (Å²) >= 11 is 0. The van der Waals surface area contributed by atoms with E-state index in [1.807, 2.05) is 0 Å². The first-order valence-electron chi connectivity index (χ1n) is 8.39. The highest BCUT2D eigenvalue weighted by molar-refractivity contribution is 7.90. The minimum absolute atomic E-state index is 0.180. The number of hydrogen-bond donors (Lipinski definition) is 3. The lowest BCUT2D eigenvalue weighted by Gasteiger charge is -2.15. The Balaban J connectivity index is 1.54. The zero-order valence-electron chi connectivity index (χ0n) is 14.8. The van der Waals surface area contributed by atoms with Gasteiger partial charge in [-0.15, -0.1) is 0 Å². The second kappa shape index (κ2) is 6.61. The highest BCUT2D eigenvalue weighted by Crippen LogP contribution is 2.23. The van der Waals surface area contributed by atoms with Gasteiger partial charge in [-0.2, -0.15) is 0 Å². The van der Waals surface area contributed by atoms with E-state index in [-0.39, 0.29) is 22.8 Å². The number of sulfone groups is 1. The molecule has 0 aliphatic heterocycles. The Hall–Kier alpha value is -3.46. The zero-order chi connectivity index (χ0) is 19.9. The Labute approximate surface area is 159 Å². The largest absolute Gasteiger partial charge is 0.376 e. The van der Waals surface area contributed by atoms with Crippen molar-refractivity contribution in [1.29, 1.82) is 0 Å². The smallest absolute Gasteiger partial charge is 0.253 e.